The van der Waals surface area contributed by atoms with E-state index < -0.39 is 0 Å². The van der Waals surface area contributed by atoms with Crippen LogP contribution in [0.25, 0.3) is 0 Å². The van der Waals surface area contributed by atoms with E-state index in [1.54, 1.807) is 0 Å². The molecule has 1 saturated heterocycles. The molecule has 0 aromatic rings. The van der Waals surface area contributed by atoms with Crippen LogP contribution in [0, 0.1) is 34.5 Å². The molecule has 0 amide bonds. The molecule has 3 unspecified atom stereocenters. The summed E-state index contributed by atoms with van der Waals surface area (Å²) in [5, 5.41) is 0. The molecule has 0 aromatic carbocycles. The van der Waals surface area contributed by atoms with Crippen molar-refractivity contribution in [2.24, 2.45) is 34.5 Å². The lowest BCUT2D eigenvalue weighted by Gasteiger charge is -2.49. The lowest BCUT2D eigenvalue weighted by Crippen LogP contribution is -2.43. The maximum Gasteiger partial charge on any atom is 0.306 e. The minimum atomic E-state index is 0.0437. The molecule has 0 radical (unpaired) electrons. The van der Waals surface area contributed by atoms with Gasteiger partial charge in [0.15, 0.2) is 0 Å². The van der Waals surface area contributed by atoms with Gasteiger partial charge in [-0.15, -0.1) is 0 Å². The fourth-order valence-corrected chi connectivity index (χ4v) is 5.72. The van der Waals surface area contributed by atoms with Crippen molar-refractivity contribution < 1.29 is 9.53 Å². The second kappa shape index (κ2) is 3.74. The molecule has 1 spiro atoms. The van der Waals surface area contributed by atoms with Gasteiger partial charge in [0.25, 0.3) is 0 Å². The number of hydrogen-bond acceptors (Lipinski definition) is 2. The quantitative estimate of drug-likeness (QED) is 0.699. The van der Waals surface area contributed by atoms with Crippen molar-refractivity contribution in [1.29, 1.82) is 0 Å². The number of fused-ring (bicyclic) bond motifs is 3. The molecule has 2 aliphatic carbocycles. The first-order valence-corrected chi connectivity index (χ1v) is 7.56. The van der Waals surface area contributed by atoms with Crippen LogP contribution < -0.4 is 0 Å². The third-order valence-electron chi connectivity index (χ3n) is 6.61. The van der Waals surface area contributed by atoms with Crippen LogP contribution in [0.3, 0.4) is 0 Å². The fraction of sp³-hybridized carbons (Fsp3) is 0.938. The van der Waals surface area contributed by atoms with Crippen LogP contribution in [0.5, 0.6) is 0 Å². The average Bonchev–Trinajstić information content (AvgIpc) is 2.91. The van der Waals surface area contributed by atoms with Gasteiger partial charge in [-0.2, -0.15) is 0 Å². The Labute approximate surface area is 110 Å². The standard InChI is InChI=1S/C16H26O2/c1-10(2)16(11(3)4)7-12-5-13(16)6-15(12)8-14(17)18-9-15/h10-13H,5-9H2,1-4H3. The van der Waals surface area contributed by atoms with E-state index in [-0.39, 0.29) is 11.4 Å². The molecular formula is C16H26O2. The normalized spacial score (nSPS) is 41.3. The van der Waals surface area contributed by atoms with Crippen LogP contribution in [0.2, 0.25) is 0 Å². The lowest BCUT2D eigenvalue weighted by molar-refractivity contribution is -0.137. The Balaban J connectivity index is 1.87. The molecule has 2 saturated carbocycles. The second-order valence-corrected chi connectivity index (χ2v) is 7.66. The maximum absolute atomic E-state index is 11.5. The minimum absolute atomic E-state index is 0.0437. The first-order chi connectivity index (χ1) is 8.41. The SMILES string of the molecule is CC(C)C1(C(C)C)CC2CC1CC21COC(=O)C1. The highest BCUT2D eigenvalue weighted by atomic mass is 16.5. The molecule has 2 bridgehead atoms. The Bertz CT molecular complexity index is 363. The van der Waals surface area contributed by atoms with Crippen LogP contribution in [0.4, 0.5) is 0 Å². The molecular weight excluding hydrogens is 224 g/mol. The first kappa shape index (κ1) is 12.5. The monoisotopic (exact) mass is 250 g/mol. The Hall–Kier alpha value is -0.530. The van der Waals surface area contributed by atoms with Gasteiger partial charge in [-0.1, -0.05) is 27.7 Å². The number of hydrogen-bond donors (Lipinski definition) is 0. The van der Waals surface area contributed by atoms with E-state index in [2.05, 4.69) is 27.7 Å². The van der Waals surface area contributed by atoms with E-state index in [1.165, 1.54) is 19.3 Å². The van der Waals surface area contributed by atoms with Crippen molar-refractivity contribution in [3.63, 3.8) is 0 Å². The zero-order valence-electron chi connectivity index (χ0n) is 12.2. The zero-order valence-corrected chi connectivity index (χ0v) is 12.2. The van der Waals surface area contributed by atoms with Gasteiger partial charge in [-0.05, 0) is 48.3 Å². The van der Waals surface area contributed by atoms with Crippen LogP contribution in [-0.4, -0.2) is 12.6 Å². The highest BCUT2D eigenvalue weighted by molar-refractivity contribution is 5.72. The third-order valence-corrected chi connectivity index (χ3v) is 6.61. The number of esters is 1. The van der Waals surface area contributed by atoms with E-state index in [0.717, 1.165) is 23.7 Å². The molecule has 0 aromatic heterocycles. The molecule has 2 heteroatoms. The summed E-state index contributed by atoms with van der Waals surface area (Å²) in [5.41, 5.74) is 0.747. The van der Waals surface area contributed by atoms with E-state index in [0.29, 0.717) is 18.4 Å². The summed E-state index contributed by atoms with van der Waals surface area (Å²) < 4.78 is 5.29. The summed E-state index contributed by atoms with van der Waals surface area (Å²) in [6.07, 6.45) is 4.59. The van der Waals surface area contributed by atoms with Crippen LogP contribution in [0.1, 0.15) is 53.4 Å². The van der Waals surface area contributed by atoms with E-state index >= 15 is 0 Å². The van der Waals surface area contributed by atoms with Gasteiger partial charge in [0.05, 0.1) is 13.0 Å². The van der Waals surface area contributed by atoms with Gasteiger partial charge in [0.1, 0.15) is 0 Å². The summed E-state index contributed by atoms with van der Waals surface area (Å²) in [4.78, 5) is 11.5. The predicted molar refractivity (Wildman–Crippen MR) is 70.9 cm³/mol. The maximum atomic E-state index is 11.5. The largest absolute Gasteiger partial charge is 0.465 e. The Morgan fingerprint density at radius 3 is 2.17 bits per heavy atom. The van der Waals surface area contributed by atoms with Gasteiger partial charge >= 0.3 is 5.97 Å². The summed E-state index contributed by atoms with van der Waals surface area (Å²) in [6, 6.07) is 0. The van der Waals surface area contributed by atoms with Gasteiger partial charge in [-0.3, -0.25) is 4.79 Å². The van der Waals surface area contributed by atoms with Crippen LogP contribution in [0.15, 0.2) is 0 Å². The summed E-state index contributed by atoms with van der Waals surface area (Å²) >= 11 is 0. The number of carbonyl (C=O) groups is 1. The Morgan fingerprint density at radius 2 is 1.78 bits per heavy atom. The van der Waals surface area contributed by atoms with Gasteiger partial charge in [0, 0.05) is 5.41 Å². The Morgan fingerprint density at radius 1 is 1.11 bits per heavy atom. The molecule has 1 heterocycles. The highest BCUT2D eigenvalue weighted by Crippen LogP contribution is 2.69. The molecule has 3 fully saturated rings. The van der Waals surface area contributed by atoms with Gasteiger partial charge in [-0.25, -0.2) is 0 Å². The van der Waals surface area contributed by atoms with Crippen LogP contribution in [-0.2, 0) is 9.53 Å². The summed E-state index contributed by atoms with van der Waals surface area (Å²) in [7, 11) is 0. The fourth-order valence-electron chi connectivity index (χ4n) is 5.72. The second-order valence-electron chi connectivity index (χ2n) is 7.66. The van der Waals surface area contributed by atoms with Crippen molar-refractivity contribution in [3.8, 4) is 0 Å². The molecule has 3 atom stereocenters. The number of cyclic esters (lactones) is 1. The van der Waals surface area contributed by atoms with Crippen molar-refractivity contribution in [3.05, 3.63) is 0 Å². The summed E-state index contributed by atoms with van der Waals surface area (Å²) in [6.45, 7) is 10.3. The highest BCUT2D eigenvalue weighted by Gasteiger charge is 2.64. The Kier molecular flexibility index (Phi) is 2.60. The van der Waals surface area contributed by atoms with E-state index in [4.69, 9.17) is 4.74 Å². The minimum Gasteiger partial charge on any atom is -0.465 e. The summed E-state index contributed by atoms with van der Waals surface area (Å²) in [5.74, 6) is 3.10. The molecule has 3 rings (SSSR count). The molecule has 0 N–H and O–H groups in total. The van der Waals surface area contributed by atoms with Crippen molar-refractivity contribution >= 4 is 5.97 Å². The van der Waals surface area contributed by atoms with Crippen molar-refractivity contribution in [2.75, 3.05) is 6.61 Å². The zero-order chi connectivity index (χ0) is 13.1. The van der Waals surface area contributed by atoms with Crippen molar-refractivity contribution in [2.45, 2.75) is 53.4 Å². The number of carbonyl (C=O) groups excluding carboxylic acids is 1. The molecule has 2 nitrogen and oxygen atoms in total. The molecule has 102 valence electrons. The first-order valence-electron chi connectivity index (χ1n) is 7.56. The predicted octanol–water partition coefficient (Wildman–Crippen LogP) is 3.65. The van der Waals surface area contributed by atoms with E-state index in [1.807, 2.05) is 0 Å². The lowest BCUT2D eigenvalue weighted by atomic mass is 9.55. The van der Waals surface area contributed by atoms with Gasteiger partial charge in [0.2, 0.25) is 0 Å². The van der Waals surface area contributed by atoms with Crippen LogP contribution >= 0.6 is 0 Å². The number of rotatable bonds is 2. The topological polar surface area (TPSA) is 26.3 Å². The molecule has 1 aliphatic heterocycles. The van der Waals surface area contributed by atoms with E-state index in [9.17, 15) is 4.79 Å². The smallest absolute Gasteiger partial charge is 0.306 e. The molecule has 18 heavy (non-hydrogen) atoms. The number of ether oxygens (including phenoxy) is 1. The van der Waals surface area contributed by atoms with Crippen molar-refractivity contribution in [1.82, 2.24) is 0 Å². The third kappa shape index (κ3) is 1.38. The molecule has 3 aliphatic rings. The van der Waals surface area contributed by atoms with Gasteiger partial charge < -0.3 is 4.74 Å². The average molecular weight is 250 g/mol.